The van der Waals surface area contributed by atoms with Crippen LogP contribution in [0.25, 0.3) is 11.0 Å². The standard InChI is InChI=1S/C17H14ClN5O3/c1-22-14-5-3-2-4-13(14)20-16(22)9-17(24)21-19-10-11-6-7-12(18)15(8-11)23(25)26/h2-8,10H,9H2,1H3,(H,21,24)/b19-10-. The lowest BCUT2D eigenvalue weighted by Gasteiger charge is -2.01. The highest BCUT2D eigenvalue weighted by molar-refractivity contribution is 6.32. The molecule has 0 fully saturated rings. The minimum atomic E-state index is -0.579. The number of rotatable bonds is 5. The molecule has 3 aromatic rings. The Balaban J connectivity index is 1.67. The molecule has 0 aliphatic carbocycles. The first-order valence-corrected chi connectivity index (χ1v) is 7.99. The third kappa shape index (κ3) is 3.70. The Morgan fingerprint density at radius 2 is 2.15 bits per heavy atom. The highest BCUT2D eigenvalue weighted by Gasteiger charge is 2.13. The van der Waals surface area contributed by atoms with E-state index in [0.29, 0.717) is 11.4 Å². The number of hydrogen-bond donors (Lipinski definition) is 1. The number of nitrogens with one attached hydrogen (secondary N) is 1. The molecule has 0 unspecified atom stereocenters. The summed E-state index contributed by atoms with van der Waals surface area (Å²) in [6.07, 6.45) is 1.37. The number of amides is 1. The summed E-state index contributed by atoms with van der Waals surface area (Å²) < 4.78 is 1.85. The van der Waals surface area contributed by atoms with E-state index in [4.69, 9.17) is 11.6 Å². The number of imidazole rings is 1. The summed E-state index contributed by atoms with van der Waals surface area (Å²) in [7, 11) is 1.84. The molecule has 1 N–H and O–H groups in total. The summed E-state index contributed by atoms with van der Waals surface area (Å²) in [5.74, 6) is 0.268. The lowest BCUT2D eigenvalue weighted by atomic mass is 10.2. The molecule has 0 radical (unpaired) electrons. The number of hydrogen-bond acceptors (Lipinski definition) is 5. The first kappa shape index (κ1) is 17.6. The molecule has 0 saturated carbocycles. The number of carbonyl (C=O) groups is 1. The molecule has 1 aromatic heterocycles. The van der Waals surface area contributed by atoms with Gasteiger partial charge in [0.2, 0.25) is 5.91 Å². The molecule has 0 atom stereocenters. The summed E-state index contributed by atoms with van der Waals surface area (Å²) in [6.45, 7) is 0. The number of aryl methyl sites for hydroxylation is 1. The van der Waals surface area contributed by atoms with Crippen molar-refractivity contribution < 1.29 is 9.72 Å². The molecule has 8 nitrogen and oxygen atoms in total. The van der Waals surface area contributed by atoms with Crippen LogP contribution in [-0.4, -0.2) is 26.6 Å². The van der Waals surface area contributed by atoms with Crippen molar-refractivity contribution in [2.45, 2.75) is 6.42 Å². The minimum Gasteiger partial charge on any atom is -0.331 e. The fraction of sp³-hybridized carbons (Fsp3) is 0.118. The van der Waals surface area contributed by atoms with Crippen molar-refractivity contribution in [2.75, 3.05) is 0 Å². The van der Waals surface area contributed by atoms with E-state index in [1.165, 1.54) is 18.3 Å². The lowest BCUT2D eigenvalue weighted by molar-refractivity contribution is -0.384. The predicted molar refractivity (Wildman–Crippen MR) is 98.3 cm³/mol. The molecule has 1 heterocycles. The highest BCUT2D eigenvalue weighted by Crippen LogP contribution is 2.24. The van der Waals surface area contributed by atoms with Crippen LogP contribution >= 0.6 is 11.6 Å². The molecule has 2 aromatic carbocycles. The number of hydrazone groups is 1. The van der Waals surface area contributed by atoms with E-state index in [2.05, 4.69) is 15.5 Å². The quantitative estimate of drug-likeness (QED) is 0.423. The van der Waals surface area contributed by atoms with Gasteiger partial charge in [-0.1, -0.05) is 29.8 Å². The van der Waals surface area contributed by atoms with Gasteiger partial charge in [-0.05, 0) is 18.2 Å². The number of benzene rings is 2. The van der Waals surface area contributed by atoms with Crippen LogP contribution in [0.1, 0.15) is 11.4 Å². The Hall–Kier alpha value is -3.26. The highest BCUT2D eigenvalue weighted by atomic mass is 35.5. The van der Waals surface area contributed by atoms with Crippen LogP contribution in [0.4, 0.5) is 5.69 Å². The molecule has 1 amide bonds. The van der Waals surface area contributed by atoms with Gasteiger partial charge in [0.1, 0.15) is 10.8 Å². The maximum absolute atomic E-state index is 12.1. The third-order valence-electron chi connectivity index (χ3n) is 3.77. The number of para-hydroxylation sites is 2. The summed E-state index contributed by atoms with van der Waals surface area (Å²) in [4.78, 5) is 26.8. The minimum absolute atomic E-state index is 0.0398. The molecule has 26 heavy (non-hydrogen) atoms. The first-order chi connectivity index (χ1) is 12.5. The average Bonchev–Trinajstić information content (AvgIpc) is 2.92. The van der Waals surface area contributed by atoms with Gasteiger partial charge < -0.3 is 4.57 Å². The summed E-state index contributed by atoms with van der Waals surface area (Å²) in [6, 6.07) is 11.8. The van der Waals surface area contributed by atoms with Gasteiger partial charge in [-0.25, -0.2) is 10.4 Å². The van der Waals surface area contributed by atoms with Crippen molar-refractivity contribution in [3.05, 3.63) is 69.0 Å². The number of fused-ring (bicyclic) bond motifs is 1. The number of halogens is 1. The second-order valence-corrected chi connectivity index (χ2v) is 5.92. The molecule has 0 aliphatic heterocycles. The van der Waals surface area contributed by atoms with Gasteiger partial charge in [-0.2, -0.15) is 5.10 Å². The van der Waals surface area contributed by atoms with Crippen molar-refractivity contribution in [1.82, 2.24) is 15.0 Å². The predicted octanol–water partition coefficient (Wildman–Crippen LogP) is 2.83. The second kappa shape index (κ2) is 7.32. The van der Waals surface area contributed by atoms with E-state index in [0.717, 1.165) is 11.0 Å². The smallest absolute Gasteiger partial charge is 0.288 e. The van der Waals surface area contributed by atoms with Gasteiger partial charge in [0.15, 0.2) is 0 Å². The number of nitro groups is 1. The van der Waals surface area contributed by atoms with Crippen LogP contribution in [0.2, 0.25) is 5.02 Å². The van der Waals surface area contributed by atoms with Gasteiger partial charge in [0, 0.05) is 18.7 Å². The maximum atomic E-state index is 12.1. The van der Waals surface area contributed by atoms with Crippen LogP contribution in [-0.2, 0) is 18.3 Å². The van der Waals surface area contributed by atoms with Crippen molar-refractivity contribution in [2.24, 2.45) is 12.1 Å². The number of aromatic nitrogens is 2. The SMILES string of the molecule is Cn1c(CC(=O)N/N=C\c2ccc(Cl)c([N+](=O)[O-])c2)nc2ccccc21. The fourth-order valence-corrected chi connectivity index (χ4v) is 2.65. The monoisotopic (exact) mass is 371 g/mol. The number of nitro benzene ring substituents is 1. The fourth-order valence-electron chi connectivity index (χ4n) is 2.47. The Morgan fingerprint density at radius 3 is 2.88 bits per heavy atom. The average molecular weight is 372 g/mol. The zero-order chi connectivity index (χ0) is 18.7. The Morgan fingerprint density at radius 1 is 1.38 bits per heavy atom. The van der Waals surface area contributed by atoms with Gasteiger partial charge in [-0.15, -0.1) is 0 Å². The Bertz CT molecular complexity index is 1030. The maximum Gasteiger partial charge on any atom is 0.288 e. The molecular formula is C17H14ClN5O3. The molecule has 132 valence electrons. The molecule has 0 spiro atoms. The number of nitrogens with zero attached hydrogens (tertiary/aromatic N) is 4. The van der Waals surface area contributed by atoms with Crippen LogP contribution in [0.3, 0.4) is 0 Å². The van der Waals surface area contributed by atoms with Gasteiger partial charge in [0.25, 0.3) is 5.69 Å². The third-order valence-corrected chi connectivity index (χ3v) is 4.09. The molecule has 0 aliphatic rings. The van der Waals surface area contributed by atoms with E-state index in [1.54, 1.807) is 6.07 Å². The zero-order valence-electron chi connectivity index (χ0n) is 13.7. The largest absolute Gasteiger partial charge is 0.331 e. The van der Waals surface area contributed by atoms with E-state index in [-0.39, 0.29) is 23.0 Å². The Kier molecular flexibility index (Phi) is 4.94. The first-order valence-electron chi connectivity index (χ1n) is 7.62. The molecular weight excluding hydrogens is 358 g/mol. The van der Waals surface area contributed by atoms with Gasteiger partial charge in [-0.3, -0.25) is 14.9 Å². The summed E-state index contributed by atoms with van der Waals surface area (Å²) in [5, 5.41) is 14.7. The van der Waals surface area contributed by atoms with Crippen LogP contribution in [0, 0.1) is 10.1 Å². The zero-order valence-corrected chi connectivity index (χ0v) is 14.5. The summed E-state index contributed by atoms with van der Waals surface area (Å²) >= 11 is 5.75. The van der Waals surface area contributed by atoms with Crippen molar-refractivity contribution in [3.63, 3.8) is 0 Å². The van der Waals surface area contributed by atoms with Crippen LogP contribution in [0.15, 0.2) is 47.6 Å². The molecule has 3 rings (SSSR count). The summed E-state index contributed by atoms with van der Waals surface area (Å²) in [5.41, 5.74) is 4.37. The van der Waals surface area contributed by atoms with Crippen molar-refractivity contribution in [1.29, 1.82) is 0 Å². The molecule has 0 bridgehead atoms. The van der Waals surface area contributed by atoms with E-state index < -0.39 is 4.92 Å². The van der Waals surface area contributed by atoms with Crippen molar-refractivity contribution >= 4 is 40.4 Å². The molecule has 9 heteroatoms. The molecule has 0 saturated heterocycles. The van der Waals surface area contributed by atoms with Crippen LogP contribution < -0.4 is 5.43 Å². The van der Waals surface area contributed by atoms with E-state index in [9.17, 15) is 14.9 Å². The van der Waals surface area contributed by atoms with Gasteiger partial charge in [0.05, 0.1) is 28.6 Å². The van der Waals surface area contributed by atoms with Gasteiger partial charge >= 0.3 is 0 Å². The van der Waals surface area contributed by atoms with Crippen LogP contribution in [0.5, 0.6) is 0 Å². The van der Waals surface area contributed by atoms with E-state index in [1.807, 2.05) is 35.9 Å². The second-order valence-electron chi connectivity index (χ2n) is 5.51. The lowest BCUT2D eigenvalue weighted by Crippen LogP contribution is -2.21. The normalized spacial score (nSPS) is 11.2. The topological polar surface area (TPSA) is 102 Å². The van der Waals surface area contributed by atoms with Crippen molar-refractivity contribution in [3.8, 4) is 0 Å². The number of carbonyl (C=O) groups excluding carboxylic acids is 1. The van der Waals surface area contributed by atoms with E-state index >= 15 is 0 Å². The Labute approximate surface area is 153 Å².